The number of ketones is 1. The average Bonchev–Trinajstić information content (AvgIpc) is 2.74. The van der Waals surface area contributed by atoms with Crippen molar-refractivity contribution in [3.8, 4) is 5.75 Å². The van der Waals surface area contributed by atoms with Crippen molar-refractivity contribution >= 4 is 16.8 Å². The Kier molecular flexibility index (Phi) is 3.18. The number of aromatic hydroxyl groups is 1. The summed E-state index contributed by atoms with van der Waals surface area (Å²) < 4.78 is 5.28. The van der Waals surface area contributed by atoms with E-state index in [1.54, 1.807) is 6.07 Å². The maximum Gasteiger partial charge on any atom is 0.163 e. The molecule has 0 spiro atoms. The molecule has 0 fully saturated rings. The lowest BCUT2D eigenvalue weighted by Gasteiger charge is -2.09. The number of carbonyl (C=O) groups is 1. The maximum absolute atomic E-state index is 11.6. The quantitative estimate of drug-likeness (QED) is 0.818. The van der Waals surface area contributed by atoms with Crippen LogP contribution >= 0.6 is 0 Å². The van der Waals surface area contributed by atoms with E-state index in [0.29, 0.717) is 16.5 Å². The lowest BCUT2D eigenvalue weighted by molar-refractivity contribution is 0.101. The molecule has 1 heterocycles. The summed E-state index contributed by atoms with van der Waals surface area (Å²) in [5.74, 6) is -0.0495. The minimum atomic E-state index is -0.100. The molecule has 3 nitrogen and oxygen atoms in total. The largest absolute Gasteiger partial charge is 0.506 e. The molecule has 2 rings (SSSR count). The molecule has 0 atom stereocenters. The molecule has 1 aromatic carbocycles. The summed E-state index contributed by atoms with van der Waals surface area (Å²) in [7, 11) is 0. The van der Waals surface area contributed by atoms with Crippen molar-refractivity contribution in [1.29, 1.82) is 0 Å². The van der Waals surface area contributed by atoms with Gasteiger partial charge in [-0.25, -0.2) is 0 Å². The van der Waals surface area contributed by atoms with Crippen molar-refractivity contribution in [3.63, 3.8) is 0 Å². The lowest BCUT2D eigenvalue weighted by Crippen LogP contribution is -2.00. The second kappa shape index (κ2) is 4.62. The van der Waals surface area contributed by atoms with Crippen molar-refractivity contribution in [2.45, 2.75) is 33.1 Å². The van der Waals surface area contributed by atoms with E-state index in [-0.39, 0.29) is 11.5 Å². The molecule has 0 amide bonds. The summed E-state index contributed by atoms with van der Waals surface area (Å²) >= 11 is 0. The Bertz CT molecular complexity index is 552. The number of unbranched alkanes of at least 4 members (excludes halogenated alkanes) is 1. The smallest absolute Gasteiger partial charge is 0.163 e. The first-order chi connectivity index (χ1) is 8.15. The van der Waals surface area contributed by atoms with Gasteiger partial charge in [0.05, 0.1) is 17.2 Å². The molecule has 1 aromatic heterocycles. The number of phenolic OH excluding ortho intramolecular Hbond substituents is 1. The molecule has 0 radical (unpaired) electrons. The van der Waals surface area contributed by atoms with Gasteiger partial charge in [0.1, 0.15) is 11.3 Å². The van der Waals surface area contributed by atoms with E-state index in [1.807, 2.05) is 6.07 Å². The van der Waals surface area contributed by atoms with Crippen LogP contribution in [0.1, 0.15) is 42.6 Å². The van der Waals surface area contributed by atoms with Crippen LogP contribution in [-0.4, -0.2) is 10.9 Å². The lowest BCUT2D eigenvalue weighted by atomic mass is 9.96. The van der Waals surface area contributed by atoms with Crippen molar-refractivity contribution in [1.82, 2.24) is 0 Å². The van der Waals surface area contributed by atoms with Gasteiger partial charge in [0.25, 0.3) is 0 Å². The number of aryl methyl sites for hydroxylation is 1. The SMILES string of the molecule is CCCCc1cc2occc2c(O)c1C(C)=O. The van der Waals surface area contributed by atoms with E-state index in [9.17, 15) is 9.90 Å². The summed E-state index contributed by atoms with van der Waals surface area (Å²) in [6.07, 6.45) is 4.35. The third-order valence-electron chi connectivity index (χ3n) is 2.97. The molecule has 0 aliphatic rings. The fourth-order valence-electron chi connectivity index (χ4n) is 2.10. The topological polar surface area (TPSA) is 50.4 Å². The van der Waals surface area contributed by atoms with Crippen LogP contribution < -0.4 is 0 Å². The molecule has 0 saturated heterocycles. The third kappa shape index (κ3) is 2.05. The number of hydrogen-bond acceptors (Lipinski definition) is 3. The Balaban J connectivity index is 2.62. The van der Waals surface area contributed by atoms with Gasteiger partial charge in [-0.15, -0.1) is 0 Å². The van der Waals surface area contributed by atoms with Gasteiger partial charge in [-0.2, -0.15) is 0 Å². The number of Topliss-reactive ketones (excluding diaryl/α,β-unsaturated/α-hetero) is 1. The van der Waals surface area contributed by atoms with Crippen LogP contribution in [0.2, 0.25) is 0 Å². The number of fused-ring (bicyclic) bond motifs is 1. The average molecular weight is 232 g/mol. The number of furan rings is 1. The first-order valence-corrected chi connectivity index (χ1v) is 5.88. The molecule has 0 aliphatic carbocycles. The zero-order valence-electron chi connectivity index (χ0n) is 10.1. The van der Waals surface area contributed by atoms with Gasteiger partial charge in [-0.1, -0.05) is 13.3 Å². The van der Waals surface area contributed by atoms with E-state index < -0.39 is 0 Å². The third-order valence-corrected chi connectivity index (χ3v) is 2.97. The standard InChI is InChI=1S/C14H16O3/c1-3-4-5-10-8-12-11(6-7-17-12)14(16)13(10)9(2)15/h6-8,16H,3-5H2,1-2H3. The van der Waals surface area contributed by atoms with Crippen molar-refractivity contribution in [2.75, 3.05) is 0 Å². The molecular weight excluding hydrogens is 216 g/mol. The summed E-state index contributed by atoms with van der Waals surface area (Å²) in [5, 5.41) is 10.7. The van der Waals surface area contributed by atoms with E-state index >= 15 is 0 Å². The Labute approximate surface area is 100 Å². The molecule has 0 bridgehead atoms. The van der Waals surface area contributed by atoms with E-state index in [2.05, 4.69) is 6.92 Å². The Morgan fingerprint density at radius 1 is 1.47 bits per heavy atom. The number of phenols is 1. The first-order valence-electron chi connectivity index (χ1n) is 5.88. The summed E-state index contributed by atoms with van der Waals surface area (Å²) in [4.78, 5) is 11.6. The van der Waals surface area contributed by atoms with Crippen LogP contribution in [0.15, 0.2) is 22.8 Å². The van der Waals surface area contributed by atoms with Gasteiger partial charge in [-0.05, 0) is 37.5 Å². The van der Waals surface area contributed by atoms with Crippen LogP contribution in [0.3, 0.4) is 0 Å². The molecular formula is C14H16O3. The second-order valence-electron chi connectivity index (χ2n) is 4.25. The highest BCUT2D eigenvalue weighted by atomic mass is 16.3. The van der Waals surface area contributed by atoms with Gasteiger partial charge in [0.2, 0.25) is 0 Å². The van der Waals surface area contributed by atoms with E-state index in [0.717, 1.165) is 24.8 Å². The highest BCUT2D eigenvalue weighted by molar-refractivity contribution is 6.04. The number of hydrogen-bond donors (Lipinski definition) is 1. The van der Waals surface area contributed by atoms with Crippen molar-refractivity contribution in [3.05, 3.63) is 29.5 Å². The van der Waals surface area contributed by atoms with Gasteiger partial charge < -0.3 is 9.52 Å². The molecule has 0 saturated carbocycles. The Morgan fingerprint density at radius 2 is 2.24 bits per heavy atom. The number of rotatable bonds is 4. The van der Waals surface area contributed by atoms with E-state index in [4.69, 9.17) is 4.42 Å². The van der Waals surface area contributed by atoms with Gasteiger partial charge in [0.15, 0.2) is 5.78 Å². The van der Waals surface area contributed by atoms with Crippen LogP contribution in [0.5, 0.6) is 5.75 Å². The minimum absolute atomic E-state index is 0.0508. The predicted octanol–water partition coefficient (Wildman–Crippen LogP) is 3.68. The molecule has 0 unspecified atom stereocenters. The molecule has 2 aromatic rings. The fraction of sp³-hybridized carbons (Fsp3) is 0.357. The van der Waals surface area contributed by atoms with Crippen molar-refractivity contribution < 1.29 is 14.3 Å². The highest BCUT2D eigenvalue weighted by Crippen LogP contribution is 2.33. The molecule has 1 N–H and O–H groups in total. The van der Waals surface area contributed by atoms with Gasteiger partial charge in [-0.3, -0.25) is 4.79 Å². The molecule has 3 heteroatoms. The molecule has 17 heavy (non-hydrogen) atoms. The zero-order valence-corrected chi connectivity index (χ0v) is 10.1. The predicted molar refractivity (Wildman–Crippen MR) is 66.5 cm³/mol. The normalized spacial score (nSPS) is 10.9. The van der Waals surface area contributed by atoms with Crippen LogP contribution in [0, 0.1) is 0 Å². The summed E-state index contributed by atoms with van der Waals surface area (Å²) in [6, 6.07) is 3.54. The fourth-order valence-corrected chi connectivity index (χ4v) is 2.10. The van der Waals surface area contributed by atoms with Crippen LogP contribution in [0.4, 0.5) is 0 Å². The van der Waals surface area contributed by atoms with Crippen LogP contribution in [-0.2, 0) is 6.42 Å². The number of carbonyl (C=O) groups excluding carboxylic acids is 1. The Morgan fingerprint density at radius 3 is 2.88 bits per heavy atom. The Hall–Kier alpha value is -1.77. The summed E-state index contributed by atoms with van der Waals surface area (Å²) in [6.45, 7) is 3.58. The second-order valence-corrected chi connectivity index (χ2v) is 4.25. The molecule has 0 aliphatic heterocycles. The minimum Gasteiger partial charge on any atom is -0.506 e. The van der Waals surface area contributed by atoms with Crippen molar-refractivity contribution in [2.24, 2.45) is 0 Å². The van der Waals surface area contributed by atoms with Crippen LogP contribution in [0.25, 0.3) is 11.0 Å². The highest BCUT2D eigenvalue weighted by Gasteiger charge is 2.17. The molecule has 90 valence electrons. The number of benzene rings is 1. The maximum atomic E-state index is 11.6. The van der Waals surface area contributed by atoms with E-state index in [1.165, 1.54) is 13.2 Å². The van der Waals surface area contributed by atoms with Gasteiger partial charge in [0, 0.05) is 0 Å². The zero-order chi connectivity index (χ0) is 12.4. The van der Waals surface area contributed by atoms with Gasteiger partial charge >= 0.3 is 0 Å². The summed E-state index contributed by atoms with van der Waals surface area (Å²) in [5.41, 5.74) is 1.95. The monoisotopic (exact) mass is 232 g/mol. The first kappa shape index (κ1) is 11.7.